The highest BCUT2D eigenvalue weighted by atomic mass is 16.5. The number of hydrazine groups is 1. The SMILES string of the molecule is COC(=O)C[C@H](C(=O)NN(Cc1ccc(-c2ccccn2)cc1)C[C@H](O)[C@H](Cc1ccccc1)CC(C)(C)C)C(C)(C)C.O=C=O. The van der Waals surface area contributed by atoms with Crippen LogP contribution in [-0.2, 0) is 36.9 Å². The van der Waals surface area contributed by atoms with Crippen LogP contribution in [0.3, 0.4) is 0 Å². The van der Waals surface area contributed by atoms with Crippen molar-refractivity contribution in [3.05, 3.63) is 90.1 Å². The number of hydrogen-bond acceptors (Lipinski definition) is 8. The number of carbonyl (C=O) groups is 2. The lowest BCUT2D eigenvalue weighted by Crippen LogP contribution is -2.51. The van der Waals surface area contributed by atoms with E-state index in [-0.39, 0.29) is 36.4 Å². The molecule has 3 atom stereocenters. The summed E-state index contributed by atoms with van der Waals surface area (Å²) in [6.07, 6.45) is 2.83. The molecule has 3 aromatic rings. The second-order valence-corrected chi connectivity index (χ2v) is 13.8. The number of aliphatic hydroxyl groups excluding tert-OH is 1. The molecule has 0 bridgehead atoms. The maximum absolute atomic E-state index is 13.7. The number of esters is 1. The van der Waals surface area contributed by atoms with E-state index >= 15 is 0 Å². The second kappa shape index (κ2) is 18.1. The normalized spacial score (nSPS) is 13.4. The molecule has 0 saturated heterocycles. The number of aliphatic hydroxyl groups is 1. The van der Waals surface area contributed by atoms with Crippen LogP contribution in [0.15, 0.2) is 79.0 Å². The third kappa shape index (κ3) is 13.4. The van der Waals surface area contributed by atoms with E-state index < -0.39 is 23.4 Å². The second-order valence-electron chi connectivity index (χ2n) is 13.8. The van der Waals surface area contributed by atoms with E-state index in [2.05, 4.69) is 43.3 Å². The van der Waals surface area contributed by atoms with Gasteiger partial charge < -0.3 is 9.84 Å². The summed E-state index contributed by atoms with van der Waals surface area (Å²) in [4.78, 5) is 46.6. The van der Waals surface area contributed by atoms with Crippen LogP contribution in [0.1, 0.15) is 65.5 Å². The molecule has 9 nitrogen and oxygen atoms in total. The number of nitrogens with zero attached hydrogens (tertiary/aromatic N) is 2. The molecule has 0 aliphatic rings. The molecule has 0 radical (unpaired) electrons. The molecule has 2 N–H and O–H groups in total. The first-order valence-corrected chi connectivity index (χ1v) is 15.5. The van der Waals surface area contributed by atoms with E-state index in [1.54, 1.807) is 11.2 Å². The van der Waals surface area contributed by atoms with E-state index in [4.69, 9.17) is 14.3 Å². The van der Waals surface area contributed by atoms with Crippen LogP contribution in [0.2, 0.25) is 0 Å². The van der Waals surface area contributed by atoms with Crippen molar-refractivity contribution in [2.45, 2.75) is 73.5 Å². The third-order valence-electron chi connectivity index (χ3n) is 7.68. The van der Waals surface area contributed by atoms with E-state index in [9.17, 15) is 14.7 Å². The molecule has 0 unspecified atom stereocenters. The number of benzene rings is 2. The summed E-state index contributed by atoms with van der Waals surface area (Å²) in [5.74, 6) is -1.34. The molecule has 3 rings (SSSR count). The van der Waals surface area contributed by atoms with Gasteiger partial charge in [0.15, 0.2) is 0 Å². The average Bonchev–Trinajstić information content (AvgIpc) is 2.99. The predicted molar refractivity (Wildman–Crippen MR) is 177 cm³/mol. The summed E-state index contributed by atoms with van der Waals surface area (Å²) in [7, 11) is 1.33. The average molecular weight is 632 g/mol. The zero-order valence-corrected chi connectivity index (χ0v) is 28.2. The Morgan fingerprint density at radius 2 is 1.52 bits per heavy atom. The first-order valence-electron chi connectivity index (χ1n) is 15.5. The quantitative estimate of drug-likeness (QED) is 0.177. The number of carbonyl (C=O) groups excluding carboxylic acids is 4. The lowest BCUT2D eigenvalue weighted by Gasteiger charge is -2.35. The standard InChI is InChI=1S/C36H49N3O4.CO2/c1-35(2,3)23-29(21-26-13-9-8-10-14-26)32(40)25-39(38-34(42)30(36(4,5)6)22-33(41)43-7)24-27-16-18-28(19-17-27)31-15-11-12-20-37-31;2-1-3/h8-20,29-30,32,40H,21-25H2,1-7H3,(H,38,42);/t29-,30-,32+;/m1./s1. The minimum Gasteiger partial charge on any atom is -0.469 e. The number of nitrogens with one attached hydrogen (secondary N) is 1. The fourth-order valence-electron chi connectivity index (χ4n) is 5.38. The Labute approximate surface area is 273 Å². The number of methoxy groups -OCH3 is 1. The van der Waals surface area contributed by atoms with Crippen LogP contribution < -0.4 is 5.43 Å². The van der Waals surface area contributed by atoms with E-state index in [0.717, 1.165) is 29.7 Å². The summed E-state index contributed by atoms with van der Waals surface area (Å²) in [6.45, 7) is 13.0. The molecule has 0 saturated carbocycles. The van der Waals surface area contributed by atoms with Crippen molar-refractivity contribution in [2.24, 2.45) is 22.7 Å². The van der Waals surface area contributed by atoms with Gasteiger partial charge in [0.1, 0.15) is 0 Å². The molecule has 46 heavy (non-hydrogen) atoms. The smallest absolute Gasteiger partial charge is 0.373 e. The molecule has 0 aliphatic heterocycles. The Balaban J connectivity index is 0.00000236. The Morgan fingerprint density at radius 1 is 0.913 bits per heavy atom. The number of aromatic nitrogens is 1. The molecule has 0 spiro atoms. The van der Waals surface area contributed by atoms with Crippen LogP contribution in [0.25, 0.3) is 11.3 Å². The molecule has 1 aromatic heterocycles. The van der Waals surface area contributed by atoms with E-state index in [0.29, 0.717) is 6.54 Å². The van der Waals surface area contributed by atoms with Crippen LogP contribution in [0.5, 0.6) is 0 Å². The molecular weight excluding hydrogens is 582 g/mol. The van der Waals surface area contributed by atoms with Crippen molar-refractivity contribution in [3.63, 3.8) is 0 Å². The number of amides is 1. The number of rotatable bonds is 13. The van der Waals surface area contributed by atoms with Crippen molar-refractivity contribution in [1.82, 2.24) is 15.4 Å². The maximum atomic E-state index is 13.7. The van der Waals surface area contributed by atoms with Gasteiger partial charge in [-0.15, -0.1) is 0 Å². The Kier molecular flexibility index (Phi) is 15.0. The Hall–Kier alpha value is -4.17. The summed E-state index contributed by atoms with van der Waals surface area (Å²) in [6, 6.07) is 24.1. The monoisotopic (exact) mass is 631 g/mol. The van der Waals surface area contributed by atoms with Gasteiger partial charge >= 0.3 is 12.1 Å². The first kappa shape index (κ1) is 38.0. The fourth-order valence-corrected chi connectivity index (χ4v) is 5.38. The van der Waals surface area contributed by atoms with Gasteiger partial charge in [0.2, 0.25) is 5.91 Å². The largest absolute Gasteiger partial charge is 0.469 e. The van der Waals surface area contributed by atoms with Crippen LogP contribution in [-0.4, -0.2) is 52.9 Å². The highest BCUT2D eigenvalue weighted by Gasteiger charge is 2.35. The molecule has 1 amide bonds. The molecule has 248 valence electrons. The van der Waals surface area contributed by atoms with Crippen LogP contribution >= 0.6 is 0 Å². The minimum absolute atomic E-state index is 0.00759. The molecule has 0 fully saturated rings. The van der Waals surface area contributed by atoms with Gasteiger partial charge in [-0.25, -0.2) is 5.01 Å². The number of hydrogen-bond donors (Lipinski definition) is 2. The van der Waals surface area contributed by atoms with Gasteiger partial charge in [-0.2, -0.15) is 9.59 Å². The van der Waals surface area contributed by atoms with Crippen molar-refractivity contribution in [1.29, 1.82) is 0 Å². The highest BCUT2D eigenvalue weighted by Crippen LogP contribution is 2.31. The molecule has 1 heterocycles. The predicted octanol–water partition coefficient (Wildman–Crippen LogP) is 5.88. The van der Waals surface area contributed by atoms with Gasteiger partial charge in [0.25, 0.3) is 0 Å². The van der Waals surface area contributed by atoms with Gasteiger partial charge in [0, 0.05) is 24.8 Å². The van der Waals surface area contributed by atoms with E-state index in [1.165, 1.54) is 12.7 Å². The molecule has 0 aliphatic carbocycles. The zero-order chi connectivity index (χ0) is 34.3. The van der Waals surface area contributed by atoms with Gasteiger partial charge in [0.05, 0.1) is 31.2 Å². The molecule has 2 aromatic carbocycles. The summed E-state index contributed by atoms with van der Waals surface area (Å²) < 4.78 is 4.90. The Morgan fingerprint density at radius 3 is 2.04 bits per heavy atom. The van der Waals surface area contributed by atoms with Crippen molar-refractivity contribution in [3.8, 4) is 11.3 Å². The third-order valence-corrected chi connectivity index (χ3v) is 7.68. The summed E-state index contributed by atoms with van der Waals surface area (Å²) in [5, 5.41) is 13.5. The molecule has 9 heteroatoms. The highest BCUT2D eigenvalue weighted by molar-refractivity contribution is 5.84. The minimum atomic E-state index is -0.707. The zero-order valence-electron chi connectivity index (χ0n) is 28.2. The molecular formula is C37H49N3O6. The van der Waals surface area contributed by atoms with Crippen LogP contribution in [0, 0.1) is 22.7 Å². The lowest BCUT2D eigenvalue weighted by molar-refractivity contribution is -0.191. The first-order chi connectivity index (χ1) is 21.7. The van der Waals surface area contributed by atoms with Gasteiger partial charge in [-0.3, -0.25) is 20.0 Å². The maximum Gasteiger partial charge on any atom is 0.373 e. The summed E-state index contributed by atoms with van der Waals surface area (Å²) >= 11 is 0. The fraction of sp³-hybridized carbons (Fsp3) is 0.459. The van der Waals surface area contributed by atoms with Crippen molar-refractivity contribution >= 4 is 18.0 Å². The summed E-state index contributed by atoms with van der Waals surface area (Å²) in [5.41, 5.74) is 6.63. The Bertz CT molecular complexity index is 1380. The van der Waals surface area contributed by atoms with Crippen LogP contribution in [0.4, 0.5) is 0 Å². The van der Waals surface area contributed by atoms with Gasteiger partial charge in [-0.1, -0.05) is 102 Å². The number of ether oxygens (including phenoxy) is 1. The number of pyridine rings is 1. The topological polar surface area (TPSA) is 126 Å². The van der Waals surface area contributed by atoms with E-state index in [1.807, 2.05) is 81.4 Å². The van der Waals surface area contributed by atoms with Crippen molar-refractivity contribution < 1.29 is 29.0 Å². The van der Waals surface area contributed by atoms with Crippen molar-refractivity contribution in [2.75, 3.05) is 13.7 Å². The lowest BCUT2D eigenvalue weighted by atomic mass is 9.78. The van der Waals surface area contributed by atoms with Gasteiger partial charge in [-0.05, 0) is 52.8 Å².